The summed E-state index contributed by atoms with van der Waals surface area (Å²) in [5.74, 6) is 2.73. The molecule has 0 atom stereocenters. The molecule has 3 saturated heterocycles. The van der Waals surface area contributed by atoms with E-state index in [1.54, 1.807) is 41.3 Å². The van der Waals surface area contributed by atoms with Crippen LogP contribution in [0.15, 0.2) is 69.8 Å². The number of hydrogen-bond donors (Lipinski definition) is 1. The SMILES string of the molecule is O=C(Nc1nc(-c2cccc(S(=O)(=O)c3ccc(Cl)cc3)c2)cs1)N1CCN(c2cc(N3CCCC3)nc(N3CCCC3)n2)CC1. The number of nitrogens with zero attached hydrogens (tertiary/aromatic N) is 7. The zero-order valence-corrected chi connectivity index (χ0v) is 27.7. The minimum atomic E-state index is -3.73. The van der Waals surface area contributed by atoms with Crippen LogP contribution in [-0.2, 0) is 9.84 Å². The molecule has 0 unspecified atom stereocenters. The van der Waals surface area contributed by atoms with Crippen LogP contribution in [0.4, 0.5) is 27.5 Å². The number of thiazole rings is 1. The lowest BCUT2D eigenvalue weighted by Gasteiger charge is -2.35. The highest BCUT2D eigenvalue weighted by molar-refractivity contribution is 7.91. The zero-order chi connectivity index (χ0) is 31.7. The Morgan fingerprint density at radius 1 is 0.739 bits per heavy atom. The van der Waals surface area contributed by atoms with E-state index in [9.17, 15) is 13.2 Å². The fourth-order valence-electron chi connectivity index (χ4n) is 6.08. The highest BCUT2D eigenvalue weighted by atomic mass is 35.5. The Bertz CT molecular complexity index is 1780. The number of carbonyl (C=O) groups excluding carboxylic acids is 1. The molecule has 3 aliphatic heterocycles. The molecule has 5 heterocycles. The van der Waals surface area contributed by atoms with Crippen LogP contribution in [0.3, 0.4) is 0 Å². The van der Waals surface area contributed by atoms with Crippen molar-refractivity contribution >= 4 is 61.5 Å². The number of anilines is 4. The van der Waals surface area contributed by atoms with Gasteiger partial charge in [-0.25, -0.2) is 18.2 Å². The molecule has 240 valence electrons. The average Bonchev–Trinajstić information content (AvgIpc) is 3.89. The quantitative estimate of drug-likeness (QED) is 0.265. The van der Waals surface area contributed by atoms with Crippen LogP contribution < -0.4 is 20.0 Å². The number of hydrogen-bond acceptors (Lipinski definition) is 10. The second-order valence-electron chi connectivity index (χ2n) is 11.7. The van der Waals surface area contributed by atoms with Gasteiger partial charge in [-0.2, -0.15) is 9.97 Å². The van der Waals surface area contributed by atoms with Crippen LogP contribution in [0.2, 0.25) is 5.02 Å². The number of aromatic nitrogens is 3. The van der Waals surface area contributed by atoms with Gasteiger partial charge in [-0.15, -0.1) is 11.3 Å². The minimum Gasteiger partial charge on any atom is -0.356 e. The van der Waals surface area contributed by atoms with Gasteiger partial charge in [0.15, 0.2) is 5.13 Å². The van der Waals surface area contributed by atoms with Crippen molar-refractivity contribution in [3.8, 4) is 11.3 Å². The third-order valence-electron chi connectivity index (χ3n) is 8.68. The summed E-state index contributed by atoms with van der Waals surface area (Å²) in [5, 5.41) is 5.66. The molecule has 0 saturated carbocycles. The molecule has 2 aromatic heterocycles. The van der Waals surface area contributed by atoms with Gasteiger partial charge in [-0.05, 0) is 62.1 Å². The molecule has 4 aromatic rings. The summed E-state index contributed by atoms with van der Waals surface area (Å²) in [6, 6.07) is 14.6. The summed E-state index contributed by atoms with van der Waals surface area (Å²) >= 11 is 7.24. The van der Waals surface area contributed by atoms with E-state index in [0.29, 0.717) is 47.6 Å². The van der Waals surface area contributed by atoms with E-state index in [0.717, 1.165) is 43.8 Å². The summed E-state index contributed by atoms with van der Waals surface area (Å²) < 4.78 is 26.4. The predicted molar refractivity (Wildman–Crippen MR) is 182 cm³/mol. The fourth-order valence-corrected chi connectivity index (χ4v) is 8.23. The van der Waals surface area contributed by atoms with Gasteiger partial charge < -0.3 is 19.6 Å². The Labute approximate surface area is 277 Å². The number of urea groups is 1. The normalized spacial score (nSPS) is 17.2. The van der Waals surface area contributed by atoms with Crippen molar-refractivity contribution < 1.29 is 13.2 Å². The maximum atomic E-state index is 13.2. The number of rotatable bonds is 7. The average molecular weight is 679 g/mol. The van der Waals surface area contributed by atoms with Crippen molar-refractivity contribution in [3.05, 3.63) is 65.0 Å². The Kier molecular flexibility index (Phi) is 8.71. The lowest BCUT2D eigenvalue weighted by molar-refractivity contribution is 0.208. The number of amides is 2. The van der Waals surface area contributed by atoms with Gasteiger partial charge in [0.25, 0.3) is 0 Å². The third kappa shape index (κ3) is 6.49. The number of nitrogens with one attached hydrogen (secondary N) is 1. The summed E-state index contributed by atoms with van der Waals surface area (Å²) in [5.41, 5.74) is 1.23. The molecule has 0 aliphatic carbocycles. The topological polar surface area (TPSA) is 115 Å². The van der Waals surface area contributed by atoms with Gasteiger partial charge in [0, 0.05) is 74.4 Å². The van der Waals surface area contributed by atoms with E-state index in [1.165, 1.54) is 49.2 Å². The first kappa shape index (κ1) is 30.7. The lowest BCUT2D eigenvalue weighted by Crippen LogP contribution is -2.50. The van der Waals surface area contributed by atoms with Crippen LogP contribution >= 0.6 is 22.9 Å². The summed E-state index contributed by atoms with van der Waals surface area (Å²) in [7, 11) is -3.73. The second kappa shape index (κ2) is 13.0. The third-order valence-corrected chi connectivity index (χ3v) is 11.5. The number of piperazine rings is 1. The van der Waals surface area contributed by atoms with Crippen molar-refractivity contribution in [3.63, 3.8) is 0 Å². The molecule has 7 rings (SSSR count). The first-order valence-corrected chi connectivity index (χ1v) is 18.3. The molecule has 11 nitrogen and oxygen atoms in total. The molecule has 0 radical (unpaired) electrons. The Balaban J connectivity index is 0.997. The monoisotopic (exact) mass is 678 g/mol. The number of halogens is 1. The largest absolute Gasteiger partial charge is 0.356 e. The van der Waals surface area contributed by atoms with Crippen LogP contribution in [-0.4, -0.2) is 86.7 Å². The highest BCUT2D eigenvalue weighted by Crippen LogP contribution is 2.31. The summed E-state index contributed by atoms with van der Waals surface area (Å²) in [4.78, 5) is 36.7. The van der Waals surface area contributed by atoms with Crippen LogP contribution in [0, 0.1) is 0 Å². The van der Waals surface area contributed by atoms with Crippen molar-refractivity contribution in [2.45, 2.75) is 35.5 Å². The number of carbonyl (C=O) groups is 1. The minimum absolute atomic E-state index is 0.160. The van der Waals surface area contributed by atoms with Gasteiger partial charge in [-0.1, -0.05) is 23.7 Å². The molecule has 0 spiro atoms. The van der Waals surface area contributed by atoms with E-state index in [-0.39, 0.29) is 15.8 Å². The van der Waals surface area contributed by atoms with Crippen molar-refractivity contribution in [1.29, 1.82) is 0 Å². The van der Waals surface area contributed by atoms with Gasteiger partial charge in [-0.3, -0.25) is 5.32 Å². The highest BCUT2D eigenvalue weighted by Gasteiger charge is 2.26. The van der Waals surface area contributed by atoms with Crippen molar-refractivity contribution in [1.82, 2.24) is 19.9 Å². The number of benzene rings is 2. The molecule has 0 bridgehead atoms. The fraction of sp³-hybridized carbons (Fsp3) is 0.375. The summed E-state index contributed by atoms with van der Waals surface area (Å²) in [6.45, 7) is 6.47. The van der Waals surface area contributed by atoms with Gasteiger partial charge in [0.05, 0.1) is 15.5 Å². The molecule has 3 aliphatic rings. The van der Waals surface area contributed by atoms with E-state index in [2.05, 4.69) is 31.1 Å². The maximum absolute atomic E-state index is 13.2. The predicted octanol–water partition coefficient (Wildman–Crippen LogP) is 5.64. The standard InChI is InChI=1S/C32H35ClN8O3S2/c33-24-8-10-25(11-9-24)46(43,44)26-7-5-6-23(20-26)27-22-45-31(34-27)37-32(42)41-18-16-39(17-19-41)29-21-28(38-12-1-2-13-38)35-30(36-29)40-14-3-4-15-40/h5-11,20-22H,1-4,12-19H2,(H,34,37,42). The van der Waals surface area contributed by atoms with Crippen LogP contribution in [0.25, 0.3) is 11.3 Å². The lowest BCUT2D eigenvalue weighted by atomic mass is 10.2. The van der Waals surface area contributed by atoms with E-state index < -0.39 is 9.84 Å². The smallest absolute Gasteiger partial charge is 0.323 e. The molecule has 46 heavy (non-hydrogen) atoms. The van der Waals surface area contributed by atoms with Crippen molar-refractivity contribution in [2.24, 2.45) is 0 Å². The summed E-state index contributed by atoms with van der Waals surface area (Å²) in [6.07, 6.45) is 4.70. The molecule has 2 aromatic carbocycles. The van der Waals surface area contributed by atoms with Gasteiger partial charge in [0.1, 0.15) is 11.6 Å². The van der Waals surface area contributed by atoms with E-state index in [1.807, 2.05) is 5.38 Å². The van der Waals surface area contributed by atoms with Gasteiger partial charge in [0.2, 0.25) is 15.8 Å². The Hall–Kier alpha value is -3.94. The van der Waals surface area contributed by atoms with Crippen LogP contribution in [0.5, 0.6) is 0 Å². The molecule has 14 heteroatoms. The molecule has 2 amide bonds. The molecular formula is C32H35ClN8O3S2. The first-order chi connectivity index (χ1) is 22.3. The van der Waals surface area contributed by atoms with E-state index in [4.69, 9.17) is 21.6 Å². The van der Waals surface area contributed by atoms with Crippen molar-refractivity contribution in [2.75, 3.05) is 72.4 Å². The Morgan fingerprint density at radius 3 is 2.04 bits per heavy atom. The zero-order valence-electron chi connectivity index (χ0n) is 25.3. The van der Waals surface area contributed by atoms with Gasteiger partial charge >= 0.3 is 6.03 Å². The Morgan fingerprint density at radius 2 is 1.37 bits per heavy atom. The first-order valence-electron chi connectivity index (χ1n) is 15.6. The van der Waals surface area contributed by atoms with E-state index >= 15 is 0 Å². The molecule has 1 N–H and O–H groups in total. The number of sulfone groups is 1. The molecular weight excluding hydrogens is 644 g/mol. The molecule has 3 fully saturated rings. The second-order valence-corrected chi connectivity index (χ2v) is 14.9. The van der Waals surface area contributed by atoms with Crippen LogP contribution in [0.1, 0.15) is 25.7 Å². The maximum Gasteiger partial charge on any atom is 0.323 e.